The predicted octanol–water partition coefficient (Wildman–Crippen LogP) is 3.20. The summed E-state index contributed by atoms with van der Waals surface area (Å²) in [7, 11) is -3.57. The van der Waals surface area contributed by atoms with Crippen molar-refractivity contribution in [3.8, 4) is 0 Å². The number of anilines is 1. The van der Waals surface area contributed by atoms with Crippen LogP contribution in [0.1, 0.15) is 36.6 Å². The van der Waals surface area contributed by atoms with Crippen LogP contribution in [-0.2, 0) is 21.2 Å². The van der Waals surface area contributed by atoms with Gasteiger partial charge in [-0.15, -0.1) is 0 Å². The Morgan fingerprint density at radius 1 is 1.12 bits per heavy atom. The lowest BCUT2D eigenvalue weighted by Gasteiger charge is -2.24. The summed E-state index contributed by atoms with van der Waals surface area (Å²) in [4.78, 5) is 12.5. The van der Waals surface area contributed by atoms with Crippen LogP contribution >= 0.6 is 0 Å². The van der Waals surface area contributed by atoms with Gasteiger partial charge in [-0.1, -0.05) is 49.4 Å². The Morgan fingerprint density at radius 2 is 1.73 bits per heavy atom. The zero-order valence-corrected chi connectivity index (χ0v) is 16.5. The first kappa shape index (κ1) is 20.0. The van der Waals surface area contributed by atoms with Gasteiger partial charge in [-0.05, 0) is 43.0 Å². The second kappa shape index (κ2) is 8.36. The lowest BCUT2D eigenvalue weighted by atomic mass is 10.1. The monoisotopic (exact) mass is 374 g/mol. The summed E-state index contributed by atoms with van der Waals surface area (Å²) in [5.41, 5.74) is 3.53. The maximum absolute atomic E-state index is 12.5. The average Bonchev–Trinajstić information content (AvgIpc) is 2.59. The Hall–Kier alpha value is -2.34. The lowest BCUT2D eigenvalue weighted by molar-refractivity contribution is -0.120. The van der Waals surface area contributed by atoms with E-state index in [1.807, 2.05) is 50.2 Å². The number of aryl methyl sites for hydroxylation is 2. The minimum atomic E-state index is -3.57. The zero-order chi connectivity index (χ0) is 19.3. The lowest BCUT2D eigenvalue weighted by Crippen LogP contribution is -2.41. The van der Waals surface area contributed by atoms with E-state index in [4.69, 9.17) is 0 Å². The number of amides is 1. The normalized spacial score (nSPS) is 12.5. The quantitative estimate of drug-likeness (QED) is 0.809. The fourth-order valence-corrected chi connectivity index (χ4v) is 3.68. The van der Waals surface area contributed by atoms with E-state index in [0.717, 1.165) is 28.1 Å². The second-order valence-electron chi connectivity index (χ2n) is 6.44. The molecule has 6 heteroatoms. The van der Waals surface area contributed by atoms with E-state index in [-0.39, 0.29) is 18.5 Å². The van der Waals surface area contributed by atoms with Crippen molar-refractivity contribution in [2.24, 2.45) is 0 Å². The third-order valence-corrected chi connectivity index (χ3v) is 5.46. The van der Waals surface area contributed by atoms with Gasteiger partial charge < -0.3 is 5.32 Å². The summed E-state index contributed by atoms with van der Waals surface area (Å²) in [5, 5.41) is 2.88. The molecule has 0 aliphatic rings. The Kier molecular flexibility index (Phi) is 6.42. The van der Waals surface area contributed by atoms with Gasteiger partial charge in [-0.2, -0.15) is 0 Å². The first-order chi connectivity index (χ1) is 12.2. The van der Waals surface area contributed by atoms with Crippen molar-refractivity contribution in [2.75, 3.05) is 17.1 Å². The molecule has 0 bridgehead atoms. The highest BCUT2D eigenvalue weighted by Crippen LogP contribution is 2.22. The maximum atomic E-state index is 12.5. The highest BCUT2D eigenvalue weighted by molar-refractivity contribution is 7.92. The van der Waals surface area contributed by atoms with Crippen molar-refractivity contribution in [2.45, 2.75) is 33.2 Å². The van der Waals surface area contributed by atoms with E-state index in [1.165, 1.54) is 5.56 Å². The molecular formula is C20H26N2O3S. The van der Waals surface area contributed by atoms with Crippen molar-refractivity contribution in [1.82, 2.24) is 5.32 Å². The molecule has 2 aromatic carbocycles. The Balaban J connectivity index is 2.13. The molecule has 140 valence electrons. The van der Waals surface area contributed by atoms with Gasteiger partial charge in [0.2, 0.25) is 15.9 Å². The van der Waals surface area contributed by atoms with Gasteiger partial charge in [0, 0.05) is 0 Å². The number of nitrogens with one attached hydrogen (secondary N) is 1. The van der Waals surface area contributed by atoms with E-state index in [2.05, 4.69) is 12.2 Å². The van der Waals surface area contributed by atoms with Crippen LogP contribution in [0, 0.1) is 6.92 Å². The van der Waals surface area contributed by atoms with Crippen LogP contribution in [0.3, 0.4) is 0 Å². The Morgan fingerprint density at radius 3 is 2.27 bits per heavy atom. The maximum Gasteiger partial charge on any atom is 0.241 e. The van der Waals surface area contributed by atoms with Crippen molar-refractivity contribution in [3.05, 3.63) is 65.2 Å². The largest absolute Gasteiger partial charge is 0.348 e. The fourth-order valence-electron chi connectivity index (χ4n) is 2.77. The van der Waals surface area contributed by atoms with Gasteiger partial charge in [-0.3, -0.25) is 9.10 Å². The van der Waals surface area contributed by atoms with Crippen molar-refractivity contribution in [3.63, 3.8) is 0 Å². The van der Waals surface area contributed by atoms with Crippen LogP contribution in [0.15, 0.2) is 48.5 Å². The average molecular weight is 375 g/mol. The third-order valence-electron chi connectivity index (χ3n) is 4.34. The predicted molar refractivity (Wildman–Crippen MR) is 106 cm³/mol. The molecule has 1 N–H and O–H groups in total. The van der Waals surface area contributed by atoms with E-state index in [0.29, 0.717) is 5.69 Å². The van der Waals surface area contributed by atoms with Crippen LogP contribution in [0.25, 0.3) is 0 Å². The number of sulfonamides is 1. The van der Waals surface area contributed by atoms with Crippen LogP contribution in [0.2, 0.25) is 0 Å². The van der Waals surface area contributed by atoms with Crippen LogP contribution in [0.5, 0.6) is 0 Å². The molecular weight excluding hydrogens is 348 g/mol. The first-order valence-electron chi connectivity index (χ1n) is 8.64. The summed E-state index contributed by atoms with van der Waals surface area (Å²) in [5.74, 6) is -0.342. The molecule has 0 saturated carbocycles. The molecule has 0 aliphatic carbocycles. The van der Waals surface area contributed by atoms with E-state index in [1.54, 1.807) is 12.1 Å². The number of carbonyl (C=O) groups excluding carboxylic acids is 1. The third kappa shape index (κ3) is 5.08. The molecule has 1 atom stereocenters. The molecule has 0 aromatic heterocycles. The molecule has 0 spiro atoms. The Labute approximate surface area is 156 Å². The number of benzene rings is 2. The van der Waals surface area contributed by atoms with Crippen molar-refractivity contribution in [1.29, 1.82) is 0 Å². The Bertz CT molecular complexity index is 861. The number of rotatable bonds is 7. The van der Waals surface area contributed by atoms with Gasteiger partial charge in [0.05, 0.1) is 18.0 Å². The number of hydrogen-bond acceptors (Lipinski definition) is 3. The van der Waals surface area contributed by atoms with E-state index < -0.39 is 10.0 Å². The fraction of sp³-hybridized carbons (Fsp3) is 0.350. The van der Waals surface area contributed by atoms with Gasteiger partial charge in [0.15, 0.2) is 0 Å². The number of carbonyl (C=O) groups is 1. The SMILES string of the molecule is CCc1ccc([C@@H](C)NC(=O)CN(c2ccccc2C)S(C)(=O)=O)cc1. The van der Waals surface area contributed by atoms with Gasteiger partial charge >= 0.3 is 0 Å². The molecule has 1 amide bonds. The molecule has 0 heterocycles. The molecule has 0 unspecified atom stereocenters. The minimum absolute atomic E-state index is 0.202. The summed E-state index contributed by atoms with van der Waals surface area (Å²) < 4.78 is 25.5. The van der Waals surface area contributed by atoms with Crippen LogP contribution in [0.4, 0.5) is 5.69 Å². The molecule has 0 fully saturated rings. The number of para-hydroxylation sites is 1. The highest BCUT2D eigenvalue weighted by Gasteiger charge is 2.23. The molecule has 0 radical (unpaired) electrons. The highest BCUT2D eigenvalue weighted by atomic mass is 32.2. The topological polar surface area (TPSA) is 66.5 Å². The summed E-state index contributed by atoms with van der Waals surface area (Å²) in [6.07, 6.45) is 2.07. The molecule has 0 saturated heterocycles. The molecule has 5 nitrogen and oxygen atoms in total. The van der Waals surface area contributed by atoms with Crippen molar-refractivity contribution >= 4 is 21.6 Å². The van der Waals surface area contributed by atoms with E-state index in [9.17, 15) is 13.2 Å². The van der Waals surface area contributed by atoms with Gasteiger partial charge in [-0.25, -0.2) is 8.42 Å². The standard InChI is InChI=1S/C20H26N2O3S/c1-5-17-10-12-18(13-11-17)16(3)21-20(23)14-22(26(4,24)25)19-9-7-6-8-15(19)2/h6-13,16H,5,14H2,1-4H3,(H,21,23)/t16-/m1/s1. The number of hydrogen-bond donors (Lipinski definition) is 1. The summed E-state index contributed by atoms with van der Waals surface area (Å²) in [6, 6.07) is 15.0. The van der Waals surface area contributed by atoms with Gasteiger partial charge in [0.1, 0.15) is 6.54 Å². The summed E-state index contributed by atoms with van der Waals surface area (Å²) in [6.45, 7) is 5.55. The number of nitrogens with zero attached hydrogens (tertiary/aromatic N) is 1. The molecule has 2 rings (SSSR count). The van der Waals surface area contributed by atoms with E-state index >= 15 is 0 Å². The molecule has 0 aliphatic heterocycles. The van der Waals surface area contributed by atoms with Crippen molar-refractivity contribution < 1.29 is 13.2 Å². The smallest absolute Gasteiger partial charge is 0.241 e. The second-order valence-corrected chi connectivity index (χ2v) is 8.35. The van der Waals surface area contributed by atoms with Gasteiger partial charge in [0.25, 0.3) is 0 Å². The zero-order valence-electron chi connectivity index (χ0n) is 15.7. The van der Waals surface area contributed by atoms with Crippen LogP contribution in [-0.4, -0.2) is 27.1 Å². The molecule has 26 heavy (non-hydrogen) atoms. The molecule has 2 aromatic rings. The minimum Gasteiger partial charge on any atom is -0.348 e. The first-order valence-corrected chi connectivity index (χ1v) is 10.5. The van der Waals surface area contributed by atoms with Crippen LogP contribution < -0.4 is 9.62 Å². The summed E-state index contributed by atoms with van der Waals surface area (Å²) >= 11 is 0.